The number of likely N-dealkylation sites (N-methyl/N-ethyl adjacent to an activating group) is 3. The van der Waals surface area contributed by atoms with Gasteiger partial charge >= 0.3 is 0 Å². The third-order valence-corrected chi connectivity index (χ3v) is 14.4. The fourth-order valence-electron chi connectivity index (χ4n) is 10.1. The maximum absolute atomic E-state index is 13.2. The summed E-state index contributed by atoms with van der Waals surface area (Å²) in [6, 6.07) is 26.6. The predicted molar refractivity (Wildman–Crippen MR) is 307 cm³/mol. The van der Waals surface area contributed by atoms with Crippen molar-refractivity contribution in [3.05, 3.63) is 133 Å². The van der Waals surface area contributed by atoms with Crippen LogP contribution in [-0.2, 0) is 27.0 Å². The zero-order chi connectivity index (χ0) is 53.9. The molecule has 0 radical (unpaired) electrons. The molecule has 0 saturated heterocycles. The van der Waals surface area contributed by atoms with Crippen LogP contribution >= 0.6 is 0 Å². The topological polar surface area (TPSA) is 172 Å². The van der Waals surface area contributed by atoms with Gasteiger partial charge in [-0.15, -0.1) is 0 Å². The van der Waals surface area contributed by atoms with Crippen LogP contribution in [0.4, 0.5) is 69.0 Å². The summed E-state index contributed by atoms with van der Waals surface area (Å²) in [6.45, 7) is 16.9. The number of nitrogens with zero attached hydrogens (tertiary/aromatic N) is 10. The zero-order valence-corrected chi connectivity index (χ0v) is 45.2. The number of methoxy groups -OCH3 is 2. The standard InChI is InChI=1S/C58H70N14O4/c1-12-53(73)61-41-31-43(49(75-10)33-47(41)69(9)28-26-67(5)6)63-55-59-24-20-51(65-55)71-36-57(3,4)40-30-38(18-19-46(40)71)35-70(29-27-68(7)8)48-34-50(76-11)44(32-42(48)62-54(74)13-2)64-56-60-25-21-52(66-56)72-37-58(22-23-58)39-16-14-15-17-45(39)72/h12-21,24-25,30-34H,1-2,22-23,26-29,35-37H2,3-11H3,(H,61,73)(H,62,74)(H,59,63,65)(H,60,64,66). The van der Waals surface area contributed by atoms with Crippen molar-refractivity contribution in [2.75, 3.05) is 130 Å². The lowest BCUT2D eigenvalue weighted by molar-refractivity contribution is -0.112. The number of carbonyl (C=O) groups excluding carboxylic acids is 2. The first-order valence-corrected chi connectivity index (χ1v) is 25.6. The monoisotopic (exact) mass is 1030 g/mol. The van der Waals surface area contributed by atoms with Crippen molar-refractivity contribution >= 4 is 80.8 Å². The number of hydrogen-bond acceptors (Lipinski definition) is 16. The summed E-state index contributed by atoms with van der Waals surface area (Å²) in [7, 11) is 13.4. The lowest BCUT2D eigenvalue weighted by Gasteiger charge is -2.30. The van der Waals surface area contributed by atoms with E-state index in [0.29, 0.717) is 65.8 Å². The highest BCUT2D eigenvalue weighted by Gasteiger charge is 2.52. The summed E-state index contributed by atoms with van der Waals surface area (Å²) in [5.41, 5.74) is 9.71. The minimum absolute atomic E-state index is 0.191. The van der Waals surface area contributed by atoms with Crippen LogP contribution in [0.25, 0.3) is 0 Å². The van der Waals surface area contributed by atoms with E-state index in [1.165, 1.54) is 41.8 Å². The Morgan fingerprint density at radius 3 is 1.75 bits per heavy atom. The van der Waals surface area contributed by atoms with Gasteiger partial charge in [0.2, 0.25) is 23.7 Å². The highest BCUT2D eigenvalue weighted by molar-refractivity contribution is 6.03. The van der Waals surface area contributed by atoms with E-state index in [-0.39, 0.29) is 22.6 Å². The summed E-state index contributed by atoms with van der Waals surface area (Å²) in [6.07, 6.45) is 8.37. The molecule has 0 bridgehead atoms. The Morgan fingerprint density at radius 2 is 1.18 bits per heavy atom. The molecule has 3 aliphatic rings. The molecule has 396 valence electrons. The van der Waals surface area contributed by atoms with E-state index in [1.54, 1.807) is 26.6 Å². The van der Waals surface area contributed by atoms with Gasteiger partial charge in [0, 0.05) is 99.6 Å². The van der Waals surface area contributed by atoms with Crippen LogP contribution in [0.1, 0.15) is 43.4 Å². The quantitative estimate of drug-likeness (QED) is 0.0474. The van der Waals surface area contributed by atoms with E-state index in [9.17, 15) is 9.59 Å². The van der Waals surface area contributed by atoms with Crippen molar-refractivity contribution in [1.29, 1.82) is 0 Å². The van der Waals surface area contributed by atoms with Gasteiger partial charge < -0.3 is 60.1 Å². The Hall–Kier alpha value is -8.22. The Balaban J connectivity index is 0.992. The van der Waals surface area contributed by atoms with E-state index in [4.69, 9.17) is 19.4 Å². The number of nitrogens with one attached hydrogen (secondary N) is 4. The van der Waals surface area contributed by atoms with Crippen LogP contribution in [0.15, 0.2) is 117 Å². The lowest BCUT2D eigenvalue weighted by Crippen LogP contribution is -2.32. The number of benzene rings is 4. The first kappa shape index (κ1) is 52.6. The molecular weight excluding hydrogens is 957 g/mol. The van der Waals surface area contributed by atoms with E-state index in [2.05, 4.69) is 130 Å². The van der Waals surface area contributed by atoms with Gasteiger partial charge in [-0.1, -0.05) is 57.3 Å². The minimum atomic E-state index is -0.342. The molecule has 9 rings (SSSR count). The molecule has 0 atom stereocenters. The van der Waals surface area contributed by atoms with E-state index in [0.717, 1.165) is 60.4 Å². The SMILES string of the molecule is C=CC(=O)Nc1cc(Nc2nccc(N3CC(C)(C)c4cc(CN(CCN(C)C)c5cc(OC)c(Nc6nccc(N7CC8(CC8)c8ccccc87)n6)cc5NC(=O)C=C)ccc43)n2)c(OC)cc1N(C)CCN(C)C. The van der Waals surface area contributed by atoms with Gasteiger partial charge in [0.05, 0.1) is 48.3 Å². The second-order valence-corrected chi connectivity index (χ2v) is 20.9. The maximum Gasteiger partial charge on any atom is 0.247 e. The lowest BCUT2D eigenvalue weighted by atomic mass is 9.86. The van der Waals surface area contributed by atoms with Crippen LogP contribution in [0, 0.1) is 0 Å². The fourth-order valence-corrected chi connectivity index (χ4v) is 10.1. The molecule has 4 aromatic carbocycles. The number of fused-ring (bicyclic) bond motifs is 3. The van der Waals surface area contributed by atoms with E-state index in [1.807, 2.05) is 71.6 Å². The third-order valence-electron chi connectivity index (χ3n) is 14.4. The van der Waals surface area contributed by atoms with Gasteiger partial charge in [-0.05, 0) is 106 Å². The number of para-hydroxylation sites is 1. The largest absolute Gasteiger partial charge is 0.494 e. The van der Waals surface area contributed by atoms with Crippen LogP contribution in [0.5, 0.6) is 11.5 Å². The molecule has 1 aliphatic carbocycles. The highest BCUT2D eigenvalue weighted by Crippen LogP contribution is 2.58. The molecule has 2 amide bonds. The van der Waals surface area contributed by atoms with Crippen molar-refractivity contribution in [2.45, 2.75) is 44.1 Å². The molecule has 18 heteroatoms. The number of ether oxygens (including phenoxy) is 2. The number of aromatic nitrogens is 4. The molecule has 2 aromatic heterocycles. The van der Waals surface area contributed by atoms with Gasteiger partial charge in [0.1, 0.15) is 23.1 Å². The Bertz CT molecular complexity index is 3150. The smallest absolute Gasteiger partial charge is 0.247 e. The molecule has 2 aliphatic heterocycles. The Kier molecular flexibility index (Phi) is 15.2. The van der Waals surface area contributed by atoms with E-state index >= 15 is 0 Å². The van der Waals surface area contributed by atoms with Gasteiger partial charge in [-0.25, -0.2) is 9.97 Å². The highest BCUT2D eigenvalue weighted by atomic mass is 16.5. The fraction of sp³-hybridized carbons (Fsp3) is 0.345. The summed E-state index contributed by atoms with van der Waals surface area (Å²) in [4.78, 5) is 58.2. The number of rotatable bonds is 22. The number of amides is 2. The molecule has 0 unspecified atom stereocenters. The first-order chi connectivity index (χ1) is 36.5. The summed E-state index contributed by atoms with van der Waals surface area (Å²) in [5, 5.41) is 12.9. The molecule has 1 spiro atoms. The normalized spacial score (nSPS) is 14.5. The van der Waals surface area contributed by atoms with Crippen LogP contribution < -0.4 is 50.3 Å². The average Bonchev–Trinajstić information content (AvgIpc) is 4.06. The average molecular weight is 1030 g/mol. The van der Waals surface area contributed by atoms with Gasteiger partial charge in [-0.2, -0.15) is 9.97 Å². The Labute approximate surface area is 446 Å². The van der Waals surface area contributed by atoms with Crippen molar-refractivity contribution in [3.8, 4) is 11.5 Å². The molecule has 4 N–H and O–H groups in total. The van der Waals surface area contributed by atoms with Crippen molar-refractivity contribution in [2.24, 2.45) is 0 Å². The third kappa shape index (κ3) is 11.2. The molecular formula is C58H70N14O4. The molecule has 76 heavy (non-hydrogen) atoms. The first-order valence-electron chi connectivity index (χ1n) is 25.6. The summed E-state index contributed by atoms with van der Waals surface area (Å²) >= 11 is 0. The summed E-state index contributed by atoms with van der Waals surface area (Å²) in [5.74, 6) is 2.74. The van der Waals surface area contributed by atoms with Crippen LogP contribution in [0.3, 0.4) is 0 Å². The van der Waals surface area contributed by atoms with Crippen molar-refractivity contribution in [1.82, 2.24) is 29.7 Å². The molecule has 1 saturated carbocycles. The predicted octanol–water partition coefficient (Wildman–Crippen LogP) is 9.20. The number of carbonyl (C=O) groups is 2. The number of anilines is 12. The van der Waals surface area contributed by atoms with Crippen molar-refractivity contribution < 1.29 is 19.1 Å². The van der Waals surface area contributed by atoms with E-state index < -0.39 is 0 Å². The minimum Gasteiger partial charge on any atom is -0.494 e. The van der Waals surface area contributed by atoms with Gasteiger partial charge in [-0.3, -0.25) is 9.59 Å². The summed E-state index contributed by atoms with van der Waals surface area (Å²) < 4.78 is 12.0. The molecule has 4 heterocycles. The Morgan fingerprint density at radius 1 is 0.645 bits per heavy atom. The molecule has 6 aromatic rings. The number of hydrogen-bond donors (Lipinski definition) is 4. The van der Waals surface area contributed by atoms with Gasteiger partial charge in [0.15, 0.2) is 0 Å². The second-order valence-electron chi connectivity index (χ2n) is 20.9. The zero-order valence-electron chi connectivity index (χ0n) is 45.2. The van der Waals surface area contributed by atoms with Crippen LogP contribution in [-0.4, -0.2) is 130 Å². The van der Waals surface area contributed by atoms with Crippen LogP contribution in [0.2, 0.25) is 0 Å². The second kappa shape index (κ2) is 21.9. The van der Waals surface area contributed by atoms with Crippen molar-refractivity contribution in [3.63, 3.8) is 0 Å². The molecule has 18 nitrogen and oxygen atoms in total. The van der Waals surface area contributed by atoms with Gasteiger partial charge in [0.25, 0.3) is 0 Å². The molecule has 1 fully saturated rings. The maximum atomic E-state index is 13.2.